The Bertz CT molecular complexity index is 576. The lowest BCUT2D eigenvalue weighted by Crippen LogP contribution is -2.15. The van der Waals surface area contributed by atoms with Gasteiger partial charge in [-0.25, -0.2) is 0 Å². The summed E-state index contributed by atoms with van der Waals surface area (Å²) in [6, 6.07) is 14.3. The van der Waals surface area contributed by atoms with Crippen molar-refractivity contribution in [2.75, 3.05) is 13.7 Å². The summed E-state index contributed by atoms with van der Waals surface area (Å²) in [5.41, 5.74) is 4.55. The second-order valence-electron chi connectivity index (χ2n) is 5.35. The molecule has 0 unspecified atom stereocenters. The molecule has 0 fully saturated rings. The Kier molecular flexibility index (Phi) is 5.37. The van der Waals surface area contributed by atoms with E-state index >= 15 is 0 Å². The van der Waals surface area contributed by atoms with Gasteiger partial charge in [0.05, 0.1) is 19.8 Å². The van der Waals surface area contributed by atoms with E-state index in [1.165, 1.54) is 11.1 Å². The molecule has 0 aliphatic heterocycles. The van der Waals surface area contributed by atoms with Crippen LogP contribution in [0.2, 0.25) is 0 Å². The SMILES string of the molecule is COc1ccc(C[C@H](O)CO)cc1Cc1ccc(C)cc1. The van der Waals surface area contributed by atoms with Gasteiger partial charge in [-0.3, -0.25) is 0 Å². The van der Waals surface area contributed by atoms with Crippen LogP contribution in [0.15, 0.2) is 42.5 Å². The van der Waals surface area contributed by atoms with Crippen molar-refractivity contribution >= 4 is 0 Å². The van der Waals surface area contributed by atoms with Gasteiger partial charge in [0.25, 0.3) is 0 Å². The number of aliphatic hydroxyl groups is 2. The zero-order valence-electron chi connectivity index (χ0n) is 12.5. The largest absolute Gasteiger partial charge is 0.496 e. The van der Waals surface area contributed by atoms with Crippen LogP contribution in [0.3, 0.4) is 0 Å². The number of aryl methyl sites for hydroxylation is 1. The molecule has 112 valence electrons. The second kappa shape index (κ2) is 7.25. The van der Waals surface area contributed by atoms with E-state index in [-0.39, 0.29) is 6.61 Å². The molecular formula is C18H22O3. The fourth-order valence-electron chi connectivity index (χ4n) is 2.36. The molecule has 2 N–H and O–H groups in total. The molecule has 0 saturated heterocycles. The highest BCUT2D eigenvalue weighted by atomic mass is 16.5. The van der Waals surface area contributed by atoms with Crippen LogP contribution in [-0.4, -0.2) is 30.0 Å². The molecule has 0 aliphatic carbocycles. The molecule has 0 saturated carbocycles. The number of rotatable bonds is 6. The summed E-state index contributed by atoms with van der Waals surface area (Å²) in [6.45, 7) is 1.85. The van der Waals surface area contributed by atoms with Crippen LogP contribution in [0.25, 0.3) is 0 Å². The first-order chi connectivity index (χ1) is 10.1. The molecule has 0 radical (unpaired) electrons. The second-order valence-corrected chi connectivity index (χ2v) is 5.35. The summed E-state index contributed by atoms with van der Waals surface area (Å²) in [4.78, 5) is 0. The van der Waals surface area contributed by atoms with Crippen molar-refractivity contribution in [1.82, 2.24) is 0 Å². The first kappa shape index (κ1) is 15.5. The Labute approximate surface area is 125 Å². The van der Waals surface area contributed by atoms with Crippen LogP contribution in [0.1, 0.15) is 22.3 Å². The predicted molar refractivity (Wildman–Crippen MR) is 83.8 cm³/mol. The fraction of sp³-hybridized carbons (Fsp3) is 0.333. The number of hydrogen-bond acceptors (Lipinski definition) is 3. The Morgan fingerprint density at radius 3 is 2.33 bits per heavy atom. The molecular weight excluding hydrogens is 264 g/mol. The standard InChI is InChI=1S/C18H22O3/c1-13-3-5-14(6-4-13)9-16-10-15(11-17(20)12-19)7-8-18(16)21-2/h3-8,10,17,19-20H,9,11-12H2,1-2H3/t17-/m0/s1. The monoisotopic (exact) mass is 286 g/mol. The zero-order chi connectivity index (χ0) is 15.2. The molecule has 0 heterocycles. The summed E-state index contributed by atoms with van der Waals surface area (Å²) in [6.07, 6.45) is 0.513. The van der Waals surface area contributed by atoms with Gasteiger partial charge in [0, 0.05) is 12.8 Å². The smallest absolute Gasteiger partial charge is 0.122 e. The highest BCUT2D eigenvalue weighted by molar-refractivity contribution is 5.41. The quantitative estimate of drug-likeness (QED) is 0.858. The van der Waals surface area contributed by atoms with E-state index in [9.17, 15) is 5.11 Å². The summed E-state index contributed by atoms with van der Waals surface area (Å²) in [5.74, 6) is 0.845. The molecule has 3 nitrogen and oxygen atoms in total. The van der Waals surface area contributed by atoms with Crippen LogP contribution in [0.4, 0.5) is 0 Å². The maximum Gasteiger partial charge on any atom is 0.122 e. The molecule has 1 atom stereocenters. The summed E-state index contributed by atoms with van der Waals surface area (Å²) in [7, 11) is 1.66. The number of aliphatic hydroxyl groups excluding tert-OH is 2. The summed E-state index contributed by atoms with van der Waals surface area (Å²) >= 11 is 0. The summed E-state index contributed by atoms with van der Waals surface area (Å²) in [5, 5.41) is 18.5. The normalized spacial score (nSPS) is 12.2. The maximum absolute atomic E-state index is 9.57. The van der Waals surface area contributed by atoms with E-state index in [0.717, 1.165) is 23.3 Å². The molecule has 0 bridgehead atoms. The first-order valence-electron chi connectivity index (χ1n) is 7.12. The highest BCUT2D eigenvalue weighted by Crippen LogP contribution is 2.24. The number of benzene rings is 2. The van der Waals surface area contributed by atoms with Crippen molar-refractivity contribution < 1.29 is 14.9 Å². The maximum atomic E-state index is 9.57. The van der Waals surface area contributed by atoms with Gasteiger partial charge in [-0.15, -0.1) is 0 Å². The van der Waals surface area contributed by atoms with Crippen molar-refractivity contribution in [2.45, 2.75) is 25.9 Å². The molecule has 0 aromatic heterocycles. The first-order valence-corrected chi connectivity index (χ1v) is 7.12. The lowest BCUT2D eigenvalue weighted by Gasteiger charge is -2.13. The minimum Gasteiger partial charge on any atom is -0.496 e. The minimum atomic E-state index is -0.717. The third-order valence-electron chi connectivity index (χ3n) is 3.54. The number of hydrogen-bond donors (Lipinski definition) is 2. The van der Waals surface area contributed by atoms with Gasteiger partial charge < -0.3 is 14.9 Å². The van der Waals surface area contributed by atoms with E-state index in [4.69, 9.17) is 9.84 Å². The predicted octanol–water partition coefficient (Wildman–Crippen LogP) is 2.49. The van der Waals surface area contributed by atoms with Gasteiger partial charge in [0.2, 0.25) is 0 Å². The Morgan fingerprint density at radius 1 is 1.05 bits per heavy atom. The summed E-state index contributed by atoms with van der Waals surface area (Å²) < 4.78 is 5.42. The molecule has 2 rings (SSSR count). The Balaban J connectivity index is 2.23. The van der Waals surface area contributed by atoms with E-state index in [1.807, 2.05) is 18.2 Å². The van der Waals surface area contributed by atoms with Gasteiger partial charge >= 0.3 is 0 Å². The third-order valence-corrected chi connectivity index (χ3v) is 3.54. The van der Waals surface area contributed by atoms with Crippen molar-refractivity contribution in [3.8, 4) is 5.75 Å². The van der Waals surface area contributed by atoms with Gasteiger partial charge in [0.15, 0.2) is 0 Å². The molecule has 2 aromatic carbocycles. The highest BCUT2D eigenvalue weighted by Gasteiger charge is 2.09. The van der Waals surface area contributed by atoms with Crippen molar-refractivity contribution in [2.24, 2.45) is 0 Å². The van der Waals surface area contributed by atoms with E-state index in [0.29, 0.717) is 6.42 Å². The van der Waals surface area contributed by atoms with Crippen LogP contribution in [0.5, 0.6) is 5.75 Å². The topological polar surface area (TPSA) is 49.7 Å². The molecule has 0 amide bonds. The van der Waals surface area contributed by atoms with E-state index in [2.05, 4.69) is 31.2 Å². The zero-order valence-corrected chi connectivity index (χ0v) is 12.5. The Morgan fingerprint density at radius 2 is 1.71 bits per heavy atom. The van der Waals surface area contributed by atoms with Crippen LogP contribution >= 0.6 is 0 Å². The van der Waals surface area contributed by atoms with Crippen LogP contribution in [-0.2, 0) is 12.8 Å². The average Bonchev–Trinajstić information content (AvgIpc) is 2.50. The lowest BCUT2D eigenvalue weighted by molar-refractivity contribution is 0.0955. The van der Waals surface area contributed by atoms with Gasteiger partial charge in [0.1, 0.15) is 5.75 Å². The van der Waals surface area contributed by atoms with Crippen LogP contribution < -0.4 is 4.74 Å². The average molecular weight is 286 g/mol. The number of methoxy groups -OCH3 is 1. The van der Waals surface area contributed by atoms with Gasteiger partial charge in [-0.1, -0.05) is 42.0 Å². The molecule has 2 aromatic rings. The molecule has 21 heavy (non-hydrogen) atoms. The molecule has 3 heteroatoms. The molecule has 0 aliphatic rings. The van der Waals surface area contributed by atoms with Crippen molar-refractivity contribution in [3.05, 3.63) is 64.7 Å². The van der Waals surface area contributed by atoms with Crippen molar-refractivity contribution in [3.63, 3.8) is 0 Å². The van der Waals surface area contributed by atoms with Crippen LogP contribution in [0, 0.1) is 6.92 Å². The minimum absolute atomic E-state index is 0.223. The molecule has 0 spiro atoms. The van der Waals surface area contributed by atoms with Crippen molar-refractivity contribution in [1.29, 1.82) is 0 Å². The lowest BCUT2D eigenvalue weighted by atomic mass is 9.99. The van der Waals surface area contributed by atoms with E-state index < -0.39 is 6.10 Å². The van der Waals surface area contributed by atoms with Gasteiger partial charge in [-0.2, -0.15) is 0 Å². The number of ether oxygens (including phenoxy) is 1. The van der Waals surface area contributed by atoms with E-state index in [1.54, 1.807) is 7.11 Å². The Hall–Kier alpha value is -1.84. The van der Waals surface area contributed by atoms with Gasteiger partial charge in [-0.05, 0) is 29.7 Å². The third kappa shape index (κ3) is 4.31. The fourth-order valence-corrected chi connectivity index (χ4v) is 2.36.